The summed E-state index contributed by atoms with van der Waals surface area (Å²) >= 11 is 0. The van der Waals surface area contributed by atoms with Crippen molar-refractivity contribution in [3.05, 3.63) is 41.2 Å². The van der Waals surface area contributed by atoms with Crippen LogP contribution >= 0.6 is 0 Å². The van der Waals surface area contributed by atoms with Crippen molar-refractivity contribution in [3.63, 3.8) is 0 Å². The summed E-state index contributed by atoms with van der Waals surface area (Å²) in [5.41, 5.74) is 1.19. The summed E-state index contributed by atoms with van der Waals surface area (Å²) in [6.45, 7) is 3.83. The quantitative estimate of drug-likeness (QED) is 0.885. The highest BCUT2D eigenvalue weighted by molar-refractivity contribution is 6.08. The van der Waals surface area contributed by atoms with Crippen LogP contribution in [0, 0.1) is 11.3 Å². The van der Waals surface area contributed by atoms with Gasteiger partial charge in [0, 0.05) is 11.6 Å². The number of amides is 2. The molecule has 2 heterocycles. The van der Waals surface area contributed by atoms with Crippen molar-refractivity contribution in [2.24, 2.45) is 0 Å². The number of benzene rings is 1. The van der Waals surface area contributed by atoms with Crippen LogP contribution in [0.5, 0.6) is 5.75 Å². The number of methoxy groups -OCH3 is 1. The molecule has 25 heavy (non-hydrogen) atoms. The number of carbonyl (C=O) groups is 2. The highest BCUT2D eigenvalue weighted by Gasteiger charge is 2.31. The third-order valence-electron chi connectivity index (χ3n) is 4.31. The van der Waals surface area contributed by atoms with Gasteiger partial charge in [0.05, 0.1) is 30.6 Å². The van der Waals surface area contributed by atoms with Gasteiger partial charge in [-0.25, -0.2) is 0 Å². The maximum atomic E-state index is 12.5. The third-order valence-corrected chi connectivity index (χ3v) is 4.31. The SMILES string of the molecule is COc1ccc(C(=O)Nc2cnn3c2C(=O)N[C@H](C)[C@@H]3C)cc1C#N. The highest BCUT2D eigenvalue weighted by Crippen LogP contribution is 2.26. The Balaban J connectivity index is 1.89. The second kappa shape index (κ2) is 6.28. The van der Waals surface area contributed by atoms with Crippen molar-refractivity contribution in [2.75, 3.05) is 12.4 Å². The van der Waals surface area contributed by atoms with Gasteiger partial charge in [-0.15, -0.1) is 0 Å². The van der Waals surface area contributed by atoms with Crippen molar-refractivity contribution in [2.45, 2.75) is 25.9 Å². The Kier molecular flexibility index (Phi) is 4.15. The fourth-order valence-electron chi connectivity index (χ4n) is 2.73. The van der Waals surface area contributed by atoms with Gasteiger partial charge in [-0.2, -0.15) is 10.4 Å². The van der Waals surface area contributed by atoms with Crippen LogP contribution in [0.25, 0.3) is 0 Å². The van der Waals surface area contributed by atoms with Crippen LogP contribution in [-0.2, 0) is 0 Å². The van der Waals surface area contributed by atoms with Crippen LogP contribution < -0.4 is 15.4 Å². The van der Waals surface area contributed by atoms with E-state index in [1.165, 1.54) is 19.4 Å². The molecule has 1 aliphatic rings. The summed E-state index contributed by atoms with van der Waals surface area (Å²) in [4.78, 5) is 24.7. The van der Waals surface area contributed by atoms with Gasteiger partial charge in [0.15, 0.2) is 0 Å². The maximum Gasteiger partial charge on any atom is 0.272 e. The Hall–Kier alpha value is -3.34. The number of hydrogen-bond acceptors (Lipinski definition) is 5. The Morgan fingerprint density at radius 2 is 2.20 bits per heavy atom. The van der Waals surface area contributed by atoms with Gasteiger partial charge in [0.1, 0.15) is 17.5 Å². The van der Waals surface area contributed by atoms with Crippen LogP contribution in [0.3, 0.4) is 0 Å². The van der Waals surface area contributed by atoms with Crippen LogP contribution in [0.2, 0.25) is 0 Å². The average molecular weight is 339 g/mol. The van der Waals surface area contributed by atoms with Gasteiger partial charge in [0.2, 0.25) is 0 Å². The molecular formula is C17H17N5O3. The van der Waals surface area contributed by atoms with Crippen LogP contribution in [0.1, 0.15) is 46.3 Å². The lowest BCUT2D eigenvalue weighted by Gasteiger charge is -2.28. The molecule has 0 fully saturated rings. The monoisotopic (exact) mass is 339 g/mol. The normalized spacial score (nSPS) is 18.7. The number of nitrogens with zero attached hydrogens (tertiary/aromatic N) is 3. The minimum absolute atomic E-state index is 0.0236. The fourth-order valence-corrected chi connectivity index (χ4v) is 2.73. The molecule has 3 rings (SSSR count). The number of nitriles is 1. The minimum Gasteiger partial charge on any atom is -0.495 e. The van der Waals surface area contributed by atoms with Crippen molar-refractivity contribution in [1.29, 1.82) is 5.26 Å². The molecule has 2 atom stereocenters. The summed E-state index contributed by atoms with van der Waals surface area (Å²) in [6.07, 6.45) is 1.45. The number of aromatic nitrogens is 2. The first-order valence-corrected chi connectivity index (χ1v) is 7.74. The third kappa shape index (κ3) is 2.80. The molecule has 0 aliphatic carbocycles. The van der Waals surface area contributed by atoms with Crippen molar-refractivity contribution in [1.82, 2.24) is 15.1 Å². The van der Waals surface area contributed by atoms with Crippen LogP contribution in [0.4, 0.5) is 5.69 Å². The number of fused-ring (bicyclic) bond motifs is 1. The summed E-state index contributed by atoms with van der Waals surface area (Å²) in [5, 5.41) is 18.9. The van der Waals surface area contributed by atoms with E-state index in [0.717, 1.165) is 0 Å². The minimum atomic E-state index is -0.436. The van der Waals surface area contributed by atoms with E-state index in [1.807, 2.05) is 19.9 Å². The molecule has 2 aromatic rings. The van der Waals surface area contributed by atoms with E-state index in [0.29, 0.717) is 17.1 Å². The Bertz CT molecular complexity index is 896. The number of anilines is 1. The van der Waals surface area contributed by atoms with Crippen molar-refractivity contribution < 1.29 is 14.3 Å². The number of nitrogens with one attached hydrogen (secondary N) is 2. The van der Waals surface area contributed by atoms with E-state index in [4.69, 9.17) is 10.00 Å². The smallest absolute Gasteiger partial charge is 0.272 e. The molecule has 1 aromatic heterocycles. The van der Waals surface area contributed by atoms with Gasteiger partial charge < -0.3 is 15.4 Å². The van der Waals surface area contributed by atoms with E-state index in [9.17, 15) is 9.59 Å². The lowest BCUT2D eigenvalue weighted by Crippen LogP contribution is -2.45. The topological polar surface area (TPSA) is 109 Å². The molecule has 2 amide bonds. The first-order chi connectivity index (χ1) is 12.0. The summed E-state index contributed by atoms with van der Waals surface area (Å²) in [6, 6.07) is 6.45. The second-order valence-corrected chi connectivity index (χ2v) is 5.84. The molecule has 1 aromatic carbocycles. The van der Waals surface area contributed by atoms with Gasteiger partial charge in [0.25, 0.3) is 11.8 Å². The zero-order chi connectivity index (χ0) is 18.1. The summed E-state index contributed by atoms with van der Waals surface area (Å²) < 4.78 is 6.67. The van der Waals surface area contributed by atoms with Gasteiger partial charge in [-0.1, -0.05) is 0 Å². The number of ether oxygens (including phenoxy) is 1. The zero-order valence-corrected chi connectivity index (χ0v) is 14.0. The molecule has 0 saturated heterocycles. The number of rotatable bonds is 3. The lowest BCUT2D eigenvalue weighted by atomic mass is 10.1. The summed E-state index contributed by atoms with van der Waals surface area (Å²) in [7, 11) is 1.45. The second-order valence-electron chi connectivity index (χ2n) is 5.84. The standard InChI is InChI=1S/C17H17N5O3/c1-9-10(2)22-15(17(24)20-9)13(8-19-22)21-16(23)11-4-5-14(25-3)12(6-11)7-18/h4-6,8-10H,1-3H3,(H,20,24)(H,21,23)/t9-,10+/m1/s1. The molecule has 0 radical (unpaired) electrons. The van der Waals surface area contributed by atoms with Crippen molar-refractivity contribution >= 4 is 17.5 Å². The molecule has 128 valence electrons. The predicted octanol–water partition coefficient (Wildman–Crippen LogP) is 1.71. The average Bonchev–Trinajstić information content (AvgIpc) is 3.03. The predicted molar refractivity (Wildman–Crippen MR) is 89.5 cm³/mol. The van der Waals surface area contributed by atoms with E-state index in [1.54, 1.807) is 16.8 Å². The first kappa shape index (κ1) is 16.5. The van der Waals surface area contributed by atoms with E-state index in [2.05, 4.69) is 15.7 Å². The largest absolute Gasteiger partial charge is 0.495 e. The molecular weight excluding hydrogens is 322 g/mol. The number of carbonyl (C=O) groups excluding carboxylic acids is 2. The van der Waals surface area contributed by atoms with Crippen LogP contribution in [0.15, 0.2) is 24.4 Å². The zero-order valence-electron chi connectivity index (χ0n) is 14.0. The van der Waals surface area contributed by atoms with Gasteiger partial charge >= 0.3 is 0 Å². The van der Waals surface area contributed by atoms with Gasteiger partial charge in [-0.3, -0.25) is 14.3 Å². The summed E-state index contributed by atoms with van der Waals surface area (Å²) in [5.74, 6) is -0.330. The van der Waals surface area contributed by atoms with E-state index in [-0.39, 0.29) is 29.1 Å². The maximum absolute atomic E-state index is 12.5. The van der Waals surface area contributed by atoms with Crippen molar-refractivity contribution in [3.8, 4) is 11.8 Å². The highest BCUT2D eigenvalue weighted by atomic mass is 16.5. The molecule has 0 saturated carbocycles. The van der Waals surface area contributed by atoms with Gasteiger partial charge in [-0.05, 0) is 32.0 Å². The molecule has 1 aliphatic heterocycles. The Morgan fingerprint density at radius 1 is 1.44 bits per heavy atom. The molecule has 0 spiro atoms. The first-order valence-electron chi connectivity index (χ1n) is 7.74. The lowest BCUT2D eigenvalue weighted by molar-refractivity contribution is 0.0883. The molecule has 8 nitrogen and oxygen atoms in total. The molecule has 8 heteroatoms. The molecule has 0 unspecified atom stereocenters. The fraction of sp³-hybridized carbons (Fsp3) is 0.294. The number of hydrogen-bond donors (Lipinski definition) is 2. The Labute approximate surface area is 144 Å². The molecule has 2 N–H and O–H groups in total. The van der Waals surface area contributed by atoms with E-state index >= 15 is 0 Å². The Morgan fingerprint density at radius 3 is 2.88 bits per heavy atom. The van der Waals surface area contributed by atoms with E-state index < -0.39 is 5.91 Å². The molecule has 0 bridgehead atoms. The van der Waals surface area contributed by atoms with Crippen LogP contribution in [-0.4, -0.2) is 34.7 Å².